The third kappa shape index (κ3) is 3.76. The molecule has 1 aliphatic rings. The average molecular weight is 368 g/mol. The minimum atomic E-state index is -0.781. The van der Waals surface area contributed by atoms with Crippen LogP contribution in [0.15, 0.2) is 91.3 Å². The molecule has 2 atom stereocenters. The molecule has 0 aliphatic heterocycles. The lowest BCUT2D eigenvalue weighted by Crippen LogP contribution is -2.36. The van der Waals surface area contributed by atoms with Crippen molar-refractivity contribution in [2.75, 3.05) is 5.32 Å². The zero-order valence-corrected chi connectivity index (χ0v) is 15.3. The molecule has 4 heteroatoms. The summed E-state index contributed by atoms with van der Waals surface area (Å²) in [5.41, 5.74) is 3.53. The zero-order valence-electron chi connectivity index (χ0n) is 15.3. The Morgan fingerprint density at radius 1 is 0.929 bits per heavy atom. The third-order valence-electron chi connectivity index (χ3n) is 5.05. The van der Waals surface area contributed by atoms with Gasteiger partial charge in [0.15, 0.2) is 5.78 Å². The van der Waals surface area contributed by atoms with Gasteiger partial charge in [0, 0.05) is 24.0 Å². The lowest BCUT2D eigenvalue weighted by atomic mass is 9.73. The Morgan fingerprint density at radius 2 is 1.64 bits per heavy atom. The molecule has 4 nitrogen and oxygen atoms in total. The second-order valence-electron chi connectivity index (χ2n) is 6.87. The minimum Gasteiger partial charge on any atom is -0.325 e. The van der Waals surface area contributed by atoms with Crippen LogP contribution in [0.4, 0.5) is 5.69 Å². The molecule has 0 radical (unpaired) electrons. The monoisotopic (exact) mass is 368 g/mol. The number of allylic oxidation sites excluding steroid dienone is 2. The van der Waals surface area contributed by atoms with Crippen LogP contribution in [0.1, 0.15) is 23.5 Å². The molecular weight excluding hydrogens is 348 g/mol. The summed E-state index contributed by atoms with van der Waals surface area (Å²) in [6.45, 7) is 0. The van der Waals surface area contributed by atoms with Crippen molar-refractivity contribution in [1.29, 1.82) is 0 Å². The van der Waals surface area contributed by atoms with Gasteiger partial charge in [-0.1, -0.05) is 54.6 Å². The molecule has 1 N–H and O–H groups in total. The first-order valence-corrected chi connectivity index (χ1v) is 9.28. The van der Waals surface area contributed by atoms with Crippen molar-refractivity contribution in [3.05, 3.63) is 102 Å². The van der Waals surface area contributed by atoms with Crippen molar-refractivity contribution in [3.63, 3.8) is 0 Å². The predicted octanol–water partition coefficient (Wildman–Crippen LogP) is 4.48. The standard InChI is InChI=1S/C24H20N2O2/c27-22-15-19(17-8-3-1-4-9-17)14-21(18-10-7-13-25-16-18)23(22)24(28)26-20-11-5-2-6-12-20/h1-13,15-16,21,23H,14H2,(H,26,28)/t21-,23-/m0/s1. The quantitative estimate of drug-likeness (QED) is 0.691. The number of ketones is 1. The summed E-state index contributed by atoms with van der Waals surface area (Å²) in [6.07, 6.45) is 5.67. The first-order valence-electron chi connectivity index (χ1n) is 9.28. The Morgan fingerprint density at radius 3 is 2.32 bits per heavy atom. The molecule has 28 heavy (non-hydrogen) atoms. The lowest BCUT2D eigenvalue weighted by molar-refractivity contribution is -0.129. The van der Waals surface area contributed by atoms with E-state index in [9.17, 15) is 9.59 Å². The Hall–Kier alpha value is -3.53. The predicted molar refractivity (Wildman–Crippen MR) is 110 cm³/mol. The number of hydrogen-bond acceptors (Lipinski definition) is 3. The van der Waals surface area contributed by atoms with Gasteiger partial charge in [0.05, 0.1) is 0 Å². The summed E-state index contributed by atoms with van der Waals surface area (Å²) in [4.78, 5) is 30.3. The Bertz CT molecular complexity index is 999. The van der Waals surface area contributed by atoms with Gasteiger partial charge in [-0.05, 0) is 47.4 Å². The van der Waals surface area contributed by atoms with E-state index < -0.39 is 5.92 Å². The maximum absolute atomic E-state index is 13.0. The van der Waals surface area contributed by atoms with E-state index in [0.717, 1.165) is 16.7 Å². The molecule has 0 unspecified atom stereocenters. The van der Waals surface area contributed by atoms with Crippen LogP contribution in [0.5, 0.6) is 0 Å². The fourth-order valence-electron chi connectivity index (χ4n) is 3.69. The van der Waals surface area contributed by atoms with Crippen LogP contribution < -0.4 is 5.32 Å². The van der Waals surface area contributed by atoms with Crippen molar-refractivity contribution in [3.8, 4) is 0 Å². The van der Waals surface area contributed by atoms with Crippen molar-refractivity contribution in [1.82, 2.24) is 4.98 Å². The van der Waals surface area contributed by atoms with Crippen molar-refractivity contribution >= 4 is 23.0 Å². The van der Waals surface area contributed by atoms with Gasteiger partial charge in [-0.25, -0.2) is 0 Å². The molecule has 3 aromatic rings. The van der Waals surface area contributed by atoms with Gasteiger partial charge in [0.25, 0.3) is 0 Å². The van der Waals surface area contributed by atoms with Crippen LogP contribution in [0.3, 0.4) is 0 Å². The minimum absolute atomic E-state index is 0.174. The highest BCUT2D eigenvalue weighted by Gasteiger charge is 2.38. The highest BCUT2D eigenvalue weighted by atomic mass is 16.2. The third-order valence-corrected chi connectivity index (χ3v) is 5.05. The van der Waals surface area contributed by atoms with E-state index in [4.69, 9.17) is 0 Å². The largest absolute Gasteiger partial charge is 0.325 e. The highest BCUT2D eigenvalue weighted by molar-refractivity contribution is 6.15. The molecule has 0 saturated carbocycles. The molecule has 1 aliphatic carbocycles. The highest BCUT2D eigenvalue weighted by Crippen LogP contribution is 2.39. The summed E-state index contributed by atoms with van der Waals surface area (Å²) in [5, 5.41) is 2.89. The molecular formula is C24H20N2O2. The number of nitrogens with zero attached hydrogens (tertiary/aromatic N) is 1. The van der Waals surface area contributed by atoms with Crippen LogP contribution in [0, 0.1) is 5.92 Å². The number of aromatic nitrogens is 1. The Kier molecular flexibility index (Phi) is 5.11. The van der Waals surface area contributed by atoms with Gasteiger partial charge in [-0.2, -0.15) is 0 Å². The van der Waals surface area contributed by atoms with E-state index >= 15 is 0 Å². The van der Waals surface area contributed by atoms with E-state index in [-0.39, 0.29) is 17.6 Å². The molecule has 1 amide bonds. The fourth-order valence-corrected chi connectivity index (χ4v) is 3.69. The maximum Gasteiger partial charge on any atom is 0.235 e. The van der Waals surface area contributed by atoms with Crippen LogP contribution >= 0.6 is 0 Å². The van der Waals surface area contributed by atoms with Crippen molar-refractivity contribution < 1.29 is 9.59 Å². The first-order chi connectivity index (χ1) is 13.7. The molecule has 0 spiro atoms. The van der Waals surface area contributed by atoms with Crippen LogP contribution in [0.2, 0.25) is 0 Å². The molecule has 1 heterocycles. The molecule has 2 aromatic carbocycles. The summed E-state index contributed by atoms with van der Waals surface area (Å²) >= 11 is 0. The second-order valence-corrected chi connectivity index (χ2v) is 6.87. The average Bonchev–Trinajstić information content (AvgIpc) is 2.75. The number of benzene rings is 2. The molecule has 4 rings (SSSR count). The number of rotatable bonds is 4. The summed E-state index contributed by atoms with van der Waals surface area (Å²) in [6, 6.07) is 22.8. The number of nitrogens with one attached hydrogen (secondary N) is 1. The summed E-state index contributed by atoms with van der Waals surface area (Å²) in [7, 11) is 0. The van der Waals surface area contributed by atoms with E-state index in [0.29, 0.717) is 12.1 Å². The zero-order chi connectivity index (χ0) is 19.3. The lowest BCUT2D eigenvalue weighted by Gasteiger charge is -2.30. The first kappa shape index (κ1) is 17.9. The number of carbonyl (C=O) groups excluding carboxylic acids is 2. The van der Waals surface area contributed by atoms with E-state index in [2.05, 4.69) is 10.3 Å². The van der Waals surface area contributed by atoms with Gasteiger partial charge >= 0.3 is 0 Å². The second kappa shape index (κ2) is 8.01. The molecule has 0 fully saturated rings. The number of hydrogen-bond donors (Lipinski definition) is 1. The van der Waals surface area contributed by atoms with E-state index in [1.165, 1.54) is 0 Å². The number of pyridine rings is 1. The number of carbonyl (C=O) groups is 2. The van der Waals surface area contributed by atoms with Gasteiger partial charge in [-0.3, -0.25) is 14.6 Å². The van der Waals surface area contributed by atoms with Crippen molar-refractivity contribution in [2.45, 2.75) is 12.3 Å². The molecule has 0 saturated heterocycles. The molecule has 1 aromatic heterocycles. The van der Waals surface area contributed by atoms with Gasteiger partial charge in [0.1, 0.15) is 5.92 Å². The normalized spacial score (nSPS) is 19.0. The Labute approximate surface area is 163 Å². The van der Waals surface area contributed by atoms with Gasteiger partial charge < -0.3 is 5.32 Å². The summed E-state index contributed by atoms with van der Waals surface area (Å²) < 4.78 is 0. The SMILES string of the molecule is O=C1C=C(c2ccccc2)C[C@@H](c2cccnc2)[C@@H]1C(=O)Nc1ccccc1. The van der Waals surface area contributed by atoms with Crippen LogP contribution in [-0.4, -0.2) is 16.7 Å². The van der Waals surface area contributed by atoms with E-state index in [1.54, 1.807) is 18.5 Å². The van der Waals surface area contributed by atoms with E-state index in [1.807, 2.05) is 72.8 Å². The Balaban J connectivity index is 1.69. The van der Waals surface area contributed by atoms with Gasteiger partial charge in [-0.15, -0.1) is 0 Å². The maximum atomic E-state index is 13.0. The van der Waals surface area contributed by atoms with Crippen LogP contribution in [0.25, 0.3) is 5.57 Å². The number of amides is 1. The topological polar surface area (TPSA) is 59.1 Å². The van der Waals surface area contributed by atoms with Crippen LogP contribution in [-0.2, 0) is 9.59 Å². The number of para-hydroxylation sites is 1. The molecule has 0 bridgehead atoms. The molecule has 138 valence electrons. The number of anilines is 1. The van der Waals surface area contributed by atoms with Crippen molar-refractivity contribution in [2.24, 2.45) is 5.92 Å². The summed E-state index contributed by atoms with van der Waals surface area (Å²) in [5.74, 6) is -1.50. The van der Waals surface area contributed by atoms with Gasteiger partial charge in [0.2, 0.25) is 5.91 Å². The fraction of sp³-hybridized carbons (Fsp3) is 0.125. The smallest absolute Gasteiger partial charge is 0.235 e.